The monoisotopic (exact) mass is 359 g/mol. The highest BCUT2D eigenvalue weighted by atomic mass is 16.3. The number of nitrogens with one attached hydrogen (secondary N) is 1. The Morgan fingerprint density at radius 1 is 1.08 bits per heavy atom. The summed E-state index contributed by atoms with van der Waals surface area (Å²) >= 11 is 0. The minimum atomic E-state index is 0.116. The van der Waals surface area contributed by atoms with Crippen LogP contribution in [0.1, 0.15) is 19.8 Å². The number of hydrogen-bond donors (Lipinski definition) is 2. The third-order valence-corrected chi connectivity index (χ3v) is 4.96. The number of para-hydroxylation sites is 2. The number of rotatable bonds is 4. The fraction of sp³-hybridized carbons (Fsp3) is 0.579. The van der Waals surface area contributed by atoms with Crippen molar-refractivity contribution < 1.29 is 9.90 Å². The number of aliphatic imine (C=N–C) groups is 1. The fourth-order valence-corrected chi connectivity index (χ4v) is 3.53. The van der Waals surface area contributed by atoms with Gasteiger partial charge in [0.1, 0.15) is 12.3 Å². The van der Waals surface area contributed by atoms with E-state index in [4.69, 9.17) is 0 Å². The molecule has 1 aromatic rings. The molecule has 0 aromatic heterocycles. The Bertz CT molecular complexity index is 635. The van der Waals surface area contributed by atoms with Gasteiger partial charge in [0, 0.05) is 45.8 Å². The molecule has 1 aromatic carbocycles. The lowest BCUT2D eigenvalue weighted by Gasteiger charge is -2.37. The summed E-state index contributed by atoms with van der Waals surface area (Å²) in [5.41, 5.74) is 0.873. The number of carbonyl (C=O) groups excluding carboxylic acids is 1. The van der Waals surface area contributed by atoms with Crippen LogP contribution in [-0.2, 0) is 4.79 Å². The number of nitrogens with zero attached hydrogens (tertiary/aromatic N) is 4. The minimum absolute atomic E-state index is 0.116. The Balaban J connectivity index is 1.58. The van der Waals surface area contributed by atoms with Crippen molar-refractivity contribution in [2.75, 3.05) is 57.3 Å². The predicted octanol–water partition coefficient (Wildman–Crippen LogP) is 1.10. The molecular weight excluding hydrogens is 330 g/mol. The van der Waals surface area contributed by atoms with E-state index >= 15 is 0 Å². The topological polar surface area (TPSA) is 71.4 Å². The van der Waals surface area contributed by atoms with Crippen molar-refractivity contribution in [1.29, 1.82) is 0 Å². The molecule has 142 valence electrons. The second kappa shape index (κ2) is 8.78. The van der Waals surface area contributed by atoms with Gasteiger partial charge in [-0.15, -0.1) is 0 Å². The molecule has 2 heterocycles. The zero-order valence-corrected chi connectivity index (χ0v) is 15.5. The number of hydrogen-bond acceptors (Lipinski definition) is 4. The lowest BCUT2D eigenvalue weighted by Crippen LogP contribution is -2.52. The van der Waals surface area contributed by atoms with Crippen LogP contribution in [0.3, 0.4) is 0 Å². The summed E-state index contributed by atoms with van der Waals surface area (Å²) in [5.74, 6) is 1.24. The Labute approximate surface area is 155 Å². The second-order valence-corrected chi connectivity index (χ2v) is 6.72. The molecule has 0 bridgehead atoms. The molecule has 2 fully saturated rings. The maximum atomic E-state index is 12.2. The number of carbonyl (C=O) groups is 1. The zero-order valence-electron chi connectivity index (χ0n) is 15.5. The van der Waals surface area contributed by atoms with Crippen molar-refractivity contribution in [2.24, 2.45) is 4.99 Å². The summed E-state index contributed by atoms with van der Waals surface area (Å²) in [6.07, 6.45) is 2.20. The Hall–Kier alpha value is -2.44. The molecule has 0 atom stereocenters. The van der Waals surface area contributed by atoms with Crippen LogP contribution in [0, 0.1) is 0 Å². The van der Waals surface area contributed by atoms with Crippen molar-refractivity contribution in [3.05, 3.63) is 24.3 Å². The standard InChI is InChI=1S/C19H29N5O2/c1-2-20-19(21-15-18(26)23-9-5-6-10-23)24-13-11-22(12-14-24)16-7-3-4-8-17(16)25/h3-4,7-8,25H,2,5-6,9-15H2,1H3,(H,20,21). The first-order valence-electron chi connectivity index (χ1n) is 9.53. The van der Waals surface area contributed by atoms with Crippen molar-refractivity contribution in [3.63, 3.8) is 0 Å². The summed E-state index contributed by atoms with van der Waals surface area (Å²) in [4.78, 5) is 23.1. The van der Waals surface area contributed by atoms with Gasteiger partial charge in [-0.3, -0.25) is 4.79 Å². The molecule has 7 nitrogen and oxygen atoms in total. The molecule has 0 spiro atoms. The van der Waals surface area contributed by atoms with Gasteiger partial charge in [-0.25, -0.2) is 4.99 Å². The maximum Gasteiger partial charge on any atom is 0.244 e. The molecule has 0 radical (unpaired) electrons. The van der Waals surface area contributed by atoms with E-state index < -0.39 is 0 Å². The van der Waals surface area contributed by atoms with Crippen LogP contribution in [-0.4, -0.2) is 79.1 Å². The number of aromatic hydroxyl groups is 1. The normalized spacial score (nSPS) is 18.3. The first kappa shape index (κ1) is 18.4. The summed E-state index contributed by atoms with van der Waals surface area (Å²) in [6, 6.07) is 7.44. The highest BCUT2D eigenvalue weighted by molar-refractivity contribution is 5.85. The highest BCUT2D eigenvalue weighted by Gasteiger charge is 2.22. The Morgan fingerprint density at radius 2 is 1.77 bits per heavy atom. The van der Waals surface area contributed by atoms with Gasteiger partial charge in [-0.1, -0.05) is 12.1 Å². The SMILES string of the molecule is CCNC(=NCC(=O)N1CCCC1)N1CCN(c2ccccc2O)CC1. The van der Waals surface area contributed by atoms with Gasteiger partial charge in [-0.05, 0) is 31.9 Å². The van der Waals surface area contributed by atoms with E-state index in [1.165, 1.54) is 0 Å². The van der Waals surface area contributed by atoms with Crippen molar-refractivity contribution in [1.82, 2.24) is 15.1 Å². The Kier molecular flexibility index (Phi) is 6.20. The van der Waals surface area contributed by atoms with E-state index in [1.807, 2.05) is 30.0 Å². The lowest BCUT2D eigenvalue weighted by molar-refractivity contribution is -0.128. The van der Waals surface area contributed by atoms with E-state index in [0.717, 1.165) is 70.3 Å². The van der Waals surface area contributed by atoms with Gasteiger partial charge in [0.05, 0.1) is 5.69 Å². The number of piperazine rings is 1. The average Bonchev–Trinajstić information content (AvgIpc) is 3.20. The fourth-order valence-electron chi connectivity index (χ4n) is 3.53. The average molecular weight is 359 g/mol. The summed E-state index contributed by atoms with van der Waals surface area (Å²) in [5, 5.41) is 13.3. The number of likely N-dealkylation sites (tertiary alicyclic amines) is 1. The largest absolute Gasteiger partial charge is 0.506 e. The molecule has 2 aliphatic rings. The van der Waals surface area contributed by atoms with Crippen molar-refractivity contribution in [2.45, 2.75) is 19.8 Å². The number of amides is 1. The zero-order chi connectivity index (χ0) is 18.4. The predicted molar refractivity (Wildman–Crippen MR) is 104 cm³/mol. The lowest BCUT2D eigenvalue weighted by atomic mass is 10.2. The molecule has 0 saturated carbocycles. The van der Waals surface area contributed by atoms with Crippen molar-refractivity contribution >= 4 is 17.6 Å². The molecule has 3 rings (SSSR count). The molecule has 1 amide bonds. The smallest absolute Gasteiger partial charge is 0.244 e. The van der Waals surface area contributed by atoms with Gasteiger partial charge in [-0.2, -0.15) is 0 Å². The van der Waals surface area contributed by atoms with Crippen LogP contribution >= 0.6 is 0 Å². The van der Waals surface area contributed by atoms with Gasteiger partial charge >= 0.3 is 0 Å². The van der Waals surface area contributed by atoms with Crippen molar-refractivity contribution in [3.8, 4) is 5.75 Å². The number of phenols is 1. The molecule has 26 heavy (non-hydrogen) atoms. The molecule has 0 unspecified atom stereocenters. The quantitative estimate of drug-likeness (QED) is 0.622. The molecular formula is C19H29N5O2. The van der Waals surface area contributed by atoms with E-state index in [1.54, 1.807) is 6.07 Å². The number of guanidine groups is 1. The van der Waals surface area contributed by atoms with Gasteiger partial charge < -0.3 is 25.1 Å². The number of phenolic OH excluding ortho intramolecular Hbond substituents is 1. The number of anilines is 1. The van der Waals surface area contributed by atoms with Crippen LogP contribution < -0.4 is 10.2 Å². The minimum Gasteiger partial charge on any atom is -0.506 e. The number of benzene rings is 1. The third kappa shape index (κ3) is 4.39. The van der Waals surface area contributed by atoms with Crippen LogP contribution in [0.25, 0.3) is 0 Å². The summed E-state index contributed by atoms with van der Waals surface area (Å²) < 4.78 is 0. The van der Waals surface area contributed by atoms with Crippen LogP contribution in [0.4, 0.5) is 5.69 Å². The summed E-state index contributed by atoms with van der Waals surface area (Å²) in [7, 11) is 0. The third-order valence-electron chi connectivity index (χ3n) is 4.96. The Morgan fingerprint density at radius 3 is 2.42 bits per heavy atom. The van der Waals surface area contributed by atoms with Gasteiger partial charge in [0.25, 0.3) is 0 Å². The van der Waals surface area contributed by atoms with Gasteiger partial charge in [0.15, 0.2) is 5.96 Å². The van der Waals surface area contributed by atoms with Gasteiger partial charge in [0.2, 0.25) is 5.91 Å². The van der Waals surface area contributed by atoms with Crippen LogP contribution in [0.15, 0.2) is 29.3 Å². The maximum absolute atomic E-state index is 12.2. The molecule has 0 aliphatic carbocycles. The van der Waals surface area contributed by atoms with E-state index in [9.17, 15) is 9.90 Å². The van der Waals surface area contributed by atoms with E-state index in [0.29, 0.717) is 5.75 Å². The van der Waals surface area contributed by atoms with E-state index in [2.05, 4.69) is 20.1 Å². The molecule has 2 N–H and O–H groups in total. The second-order valence-electron chi connectivity index (χ2n) is 6.72. The highest BCUT2D eigenvalue weighted by Crippen LogP contribution is 2.27. The first-order chi connectivity index (χ1) is 12.7. The van der Waals surface area contributed by atoms with E-state index in [-0.39, 0.29) is 12.5 Å². The first-order valence-corrected chi connectivity index (χ1v) is 9.53. The summed E-state index contributed by atoms with van der Waals surface area (Å²) in [6.45, 7) is 7.98. The molecule has 7 heteroatoms. The molecule has 2 saturated heterocycles. The van der Waals surface area contributed by atoms with Crippen LogP contribution in [0.5, 0.6) is 5.75 Å². The van der Waals surface area contributed by atoms with Crippen LogP contribution in [0.2, 0.25) is 0 Å². The molecule has 2 aliphatic heterocycles.